The summed E-state index contributed by atoms with van der Waals surface area (Å²) in [7, 11) is 0. The fourth-order valence-electron chi connectivity index (χ4n) is 3.27. The van der Waals surface area contributed by atoms with Crippen LogP contribution >= 0.6 is 12.4 Å². The number of hydrogen-bond acceptors (Lipinski definition) is 4. The molecule has 1 aliphatic carbocycles. The minimum absolute atomic E-state index is 0. The van der Waals surface area contributed by atoms with E-state index in [0.717, 1.165) is 32.8 Å². The van der Waals surface area contributed by atoms with Gasteiger partial charge in [0.2, 0.25) is 5.91 Å². The van der Waals surface area contributed by atoms with Crippen LogP contribution in [0, 0.1) is 0 Å². The molecule has 3 N–H and O–H groups in total. The summed E-state index contributed by atoms with van der Waals surface area (Å²) in [5.41, 5.74) is 5.76. The molecule has 1 heterocycles. The third-order valence-electron chi connectivity index (χ3n) is 4.47. The van der Waals surface area contributed by atoms with Gasteiger partial charge in [0.15, 0.2) is 0 Å². The number of carbonyl (C=O) groups excluding carboxylic acids is 1. The minimum atomic E-state index is -0.426. The average molecular weight is 306 g/mol. The van der Waals surface area contributed by atoms with Crippen molar-refractivity contribution in [1.29, 1.82) is 0 Å². The predicted molar refractivity (Wildman–Crippen MR) is 82.1 cm³/mol. The van der Waals surface area contributed by atoms with Crippen LogP contribution in [-0.4, -0.2) is 55.2 Å². The molecule has 1 atom stereocenters. The van der Waals surface area contributed by atoms with E-state index in [2.05, 4.69) is 10.2 Å². The SMILES string of the molecule is CC(N)C(=O)NCC1(N2CCOCC2)CCCCC1.Cl. The lowest BCUT2D eigenvalue weighted by molar-refractivity contribution is -0.123. The standard InChI is InChI=1S/C14H27N3O2.ClH/c1-12(15)13(18)16-11-14(5-3-2-4-6-14)17-7-9-19-10-8-17;/h12H,2-11,15H2,1H3,(H,16,18);1H. The molecule has 1 aliphatic heterocycles. The Morgan fingerprint density at radius 1 is 1.30 bits per heavy atom. The molecule has 2 fully saturated rings. The van der Waals surface area contributed by atoms with Gasteiger partial charge >= 0.3 is 0 Å². The Balaban J connectivity index is 0.00000200. The number of hydrogen-bond donors (Lipinski definition) is 2. The highest BCUT2D eigenvalue weighted by Crippen LogP contribution is 2.33. The van der Waals surface area contributed by atoms with E-state index in [1.54, 1.807) is 6.92 Å². The van der Waals surface area contributed by atoms with Gasteiger partial charge in [0.1, 0.15) is 0 Å². The summed E-state index contributed by atoms with van der Waals surface area (Å²) in [4.78, 5) is 14.3. The molecule has 20 heavy (non-hydrogen) atoms. The van der Waals surface area contributed by atoms with E-state index in [-0.39, 0.29) is 23.9 Å². The lowest BCUT2D eigenvalue weighted by Gasteiger charge is -2.48. The van der Waals surface area contributed by atoms with E-state index in [1.807, 2.05) is 0 Å². The lowest BCUT2D eigenvalue weighted by atomic mass is 9.79. The molecule has 0 aromatic rings. The molecule has 1 saturated carbocycles. The maximum atomic E-state index is 11.7. The average Bonchev–Trinajstić information content (AvgIpc) is 2.46. The first-order chi connectivity index (χ1) is 9.14. The highest BCUT2D eigenvalue weighted by atomic mass is 35.5. The Hall–Kier alpha value is -0.360. The number of nitrogens with zero attached hydrogens (tertiary/aromatic N) is 1. The molecule has 0 aromatic heterocycles. The van der Waals surface area contributed by atoms with Crippen molar-refractivity contribution >= 4 is 18.3 Å². The Bertz CT molecular complexity index is 301. The minimum Gasteiger partial charge on any atom is -0.379 e. The van der Waals surface area contributed by atoms with Crippen molar-refractivity contribution in [2.45, 2.75) is 50.6 Å². The van der Waals surface area contributed by atoms with E-state index >= 15 is 0 Å². The normalized spacial score (nSPS) is 24.5. The van der Waals surface area contributed by atoms with E-state index in [1.165, 1.54) is 32.1 Å². The fraction of sp³-hybridized carbons (Fsp3) is 0.929. The summed E-state index contributed by atoms with van der Waals surface area (Å²) in [6, 6.07) is -0.426. The van der Waals surface area contributed by atoms with Crippen molar-refractivity contribution in [1.82, 2.24) is 10.2 Å². The summed E-state index contributed by atoms with van der Waals surface area (Å²) in [5.74, 6) is -0.0433. The van der Waals surface area contributed by atoms with Crippen LogP contribution in [0.5, 0.6) is 0 Å². The second-order valence-electron chi connectivity index (χ2n) is 5.89. The van der Waals surface area contributed by atoms with Gasteiger partial charge in [-0.3, -0.25) is 9.69 Å². The van der Waals surface area contributed by atoms with Gasteiger partial charge in [-0.05, 0) is 19.8 Å². The first kappa shape index (κ1) is 17.7. The van der Waals surface area contributed by atoms with Gasteiger partial charge in [-0.1, -0.05) is 19.3 Å². The van der Waals surface area contributed by atoms with Crippen molar-refractivity contribution in [3.8, 4) is 0 Å². The first-order valence-corrected chi connectivity index (χ1v) is 7.50. The van der Waals surface area contributed by atoms with Crippen molar-refractivity contribution in [2.75, 3.05) is 32.8 Å². The largest absolute Gasteiger partial charge is 0.379 e. The molecule has 0 bridgehead atoms. The molecule has 2 rings (SSSR count). The number of halogens is 1. The second-order valence-corrected chi connectivity index (χ2v) is 5.89. The van der Waals surface area contributed by atoms with Gasteiger partial charge < -0.3 is 15.8 Å². The van der Waals surface area contributed by atoms with Crippen LogP contribution in [0.3, 0.4) is 0 Å². The monoisotopic (exact) mass is 305 g/mol. The van der Waals surface area contributed by atoms with Gasteiger partial charge in [0, 0.05) is 25.2 Å². The Labute approximate surface area is 128 Å². The zero-order valence-corrected chi connectivity index (χ0v) is 13.2. The molecule has 6 heteroatoms. The van der Waals surface area contributed by atoms with E-state index < -0.39 is 6.04 Å². The summed E-state index contributed by atoms with van der Waals surface area (Å²) >= 11 is 0. The topological polar surface area (TPSA) is 67.6 Å². The van der Waals surface area contributed by atoms with Gasteiger partial charge in [-0.2, -0.15) is 0 Å². The maximum Gasteiger partial charge on any atom is 0.236 e. The van der Waals surface area contributed by atoms with Crippen LogP contribution < -0.4 is 11.1 Å². The number of carbonyl (C=O) groups is 1. The number of morpholine rings is 1. The predicted octanol–water partition coefficient (Wildman–Crippen LogP) is 0.907. The third kappa shape index (κ3) is 4.32. The van der Waals surface area contributed by atoms with Crippen molar-refractivity contribution in [2.24, 2.45) is 5.73 Å². The lowest BCUT2D eigenvalue weighted by Crippen LogP contribution is -2.60. The Morgan fingerprint density at radius 3 is 2.45 bits per heavy atom. The van der Waals surface area contributed by atoms with Gasteiger partial charge in [-0.15, -0.1) is 12.4 Å². The van der Waals surface area contributed by atoms with Gasteiger partial charge in [0.25, 0.3) is 0 Å². The quantitative estimate of drug-likeness (QED) is 0.810. The molecule has 2 aliphatic rings. The summed E-state index contributed by atoms with van der Waals surface area (Å²) in [6.45, 7) is 6.04. The number of amides is 1. The molecule has 0 spiro atoms. The molecule has 118 valence electrons. The molecule has 0 radical (unpaired) electrons. The van der Waals surface area contributed by atoms with Crippen molar-refractivity contribution in [3.05, 3.63) is 0 Å². The van der Waals surface area contributed by atoms with Crippen LogP contribution in [0.1, 0.15) is 39.0 Å². The van der Waals surface area contributed by atoms with E-state index in [0.29, 0.717) is 0 Å². The smallest absolute Gasteiger partial charge is 0.236 e. The highest BCUT2D eigenvalue weighted by Gasteiger charge is 2.38. The maximum absolute atomic E-state index is 11.7. The van der Waals surface area contributed by atoms with Crippen LogP contribution in [-0.2, 0) is 9.53 Å². The number of nitrogens with two attached hydrogens (primary N) is 1. The molecular weight excluding hydrogens is 278 g/mol. The van der Waals surface area contributed by atoms with Gasteiger partial charge in [-0.25, -0.2) is 0 Å². The Morgan fingerprint density at radius 2 is 1.90 bits per heavy atom. The van der Waals surface area contributed by atoms with Crippen LogP contribution in [0.15, 0.2) is 0 Å². The number of nitrogens with one attached hydrogen (secondary N) is 1. The third-order valence-corrected chi connectivity index (χ3v) is 4.47. The molecule has 5 nitrogen and oxygen atoms in total. The van der Waals surface area contributed by atoms with Crippen LogP contribution in [0.25, 0.3) is 0 Å². The zero-order valence-electron chi connectivity index (χ0n) is 12.4. The summed E-state index contributed by atoms with van der Waals surface area (Å²) < 4.78 is 5.45. The van der Waals surface area contributed by atoms with Crippen molar-refractivity contribution < 1.29 is 9.53 Å². The second kappa shape index (κ2) is 8.17. The molecule has 0 aromatic carbocycles. The first-order valence-electron chi connectivity index (χ1n) is 7.50. The van der Waals surface area contributed by atoms with Crippen LogP contribution in [0.4, 0.5) is 0 Å². The Kier molecular flexibility index (Phi) is 7.23. The van der Waals surface area contributed by atoms with Crippen molar-refractivity contribution in [3.63, 3.8) is 0 Å². The highest BCUT2D eigenvalue weighted by molar-refractivity contribution is 5.85. The molecule has 1 amide bonds. The molecule has 1 saturated heterocycles. The number of ether oxygens (including phenoxy) is 1. The molecule has 1 unspecified atom stereocenters. The zero-order chi connectivity index (χ0) is 13.7. The van der Waals surface area contributed by atoms with E-state index in [4.69, 9.17) is 10.5 Å². The number of rotatable bonds is 4. The fourth-order valence-corrected chi connectivity index (χ4v) is 3.27. The van der Waals surface area contributed by atoms with Crippen LogP contribution in [0.2, 0.25) is 0 Å². The summed E-state index contributed by atoms with van der Waals surface area (Å²) in [5, 5.41) is 3.04. The summed E-state index contributed by atoms with van der Waals surface area (Å²) in [6.07, 6.45) is 6.17. The van der Waals surface area contributed by atoms with E-state index in [9.17, 15) is 4.79 Å². The van der Waals surface area contributed by atoms with Gasteiger partial charge in [0.05, 0.1) is 19.3 Å². The molecular formula is C14H28ClN3O2.